The van der Waals surface area contributed by atoms with Crippen LogP contribution in [0.15, 0.2) is 35.7 Å². The molecule has 0 aliphatic carbocycles. The Morgan fingerprint density at radius 2 is 1.96 bits per heavy atom. The van der Waals surface area contributed by atoms with Gasteiger partial charge in [0.15, 0.2) is 5.13 Å². The van der Waals surface area contributed by atoms with Crippen molar-refractivity contribution in [1.82, 2.24) is 9.88 Å². The van der Waals surface area contributed by atoms with Crippen molar-refractivity contribution in [2.75, 3.05) is 44.2 Å². The van der Waals surface area contributed by atoms with Crippen LogP contribution in [0.2, 0.25) is 0 Å². The number of piperazine rings is 1. The van der Waals surface area contributed by atoms with Gasteiger partial charge in [0.25, 0.3) is 0 Å². The van der Waals surface area contributed by atoms with Crippen LogP contribution in [0.25, 0.3) is 0 Å². The summed E-state index contributed by atoms with van der Waals surface area (Å²) < 4.78 is 5.61. The number of aliphatic hydroxyl groups excluding tert-OH is 1. The van der Waals surface area contributed by atoms with Crippen LogP contribution in [0.4, 0.5) is 5.13 Å². The number of nitrogens with zero attached hydrogens (tertiary/aromatic N) is 3. The molecule has 1 fully saturated rings. The number of hydrogen-bond acceptors (Lipinski definition) is 6. The molecular formula is C17H23N3O2S. The van der Waals surface area contributed by atoms with Crippen molar-refractivity contribution in [1.29, 1.82) is 0 Å². The number of aliphatic hydroxyl groups is 1. The highest BCUT2D eigenvalue weighted by molar-refractivity contribution is 7.13. The van der Waals surface area contributed by atoms with Crippen LogP contribution >= 0.6 is 11.3 Å². The van der Waals surface area contributed by atoms with Crippen LogP contribution in [-0.2, 0) is 0 Å². The molecule has 2 heterocycles. The maximum atomic E-state index is 10.2. The molecule has 0 bridgehead atoms. The highest BCUT2D eigenvalue weighted by Gasteiger charge is 2.21. The van der Waals surface area contributed by atoms with Gasteiger partial charge < -0.3 is 14.7 Å². The fourth-order valence-electron chi connectivity index (χ4n) is 2.67. The number of thiazole rings is 1. The molecule has 5 nitrogen and oxygen atoms in total. The smallest absolute Gasteiger partial charge is 0.185 e. The van der Waals surface area contributed by atoms with Crippen LogP contribution in [0, 0.1) is 6.92 Å². The Labute approximate surface area is 141 Å². The van der Waals surface area contributed by atoms with Gasteiger partial charge in [-0.25, -0.2) is 4.98 Å². The predicted octanol–water partition coefficient (Wildman–Crippen LogP) is 2.01. The Morgan fingerprint density at radius 1 is 1.22 bits per heavy atom. The van der Waals surface area contributed by atoms with Gasteiger partial charge in [-0.1, -0.05) is 18.2 Å². The highest BCUT2D eigenvalue weighted by atomic mass is 32.1. The van der Waals surface area contributed by atoms with E-state index in [0.29, 0.717) is 13.2 Å². The second-order valence-electron chi connectivity index (χ2n) is 5.84. The number of para-hydroxylation sites is 1. The number of aromatic nitrogens is 1. The molecule has 1 aliphatic heterocycles. The van der Waals surface area contributed by atoms with Gasteiger partial charge in [-0.15, -0.1) is 11.3 Å². The van der Waals surface area contributed by atoms with Gasteiger partial charge in [-0.05, 0) is 19.1 Å². The van der Waals surface area contributed by atoms with Gasteiger partial charge in [-0.3, -0.25) is 4.90 Å². The lowest BCUT2D eigenvalue weighted by Gasteiger charge is -2.35. The van der Waals surface area contributed by atoms with Gasteiger partial charge in [0.05, 0.1) is 5.69 Å². The minimum atomic E-state index is -0.469. The van der Waals surface area contributed by atoms with E-state index < -0.39 is 6.10 Å². The maximum absolute atomic E-state index is 10.2. The zero-order chi connectivity index (χ0) is 16.1. The average molecular weight is 333 g/mol. The van der Waals surface area contributed by atoms with Crippen molar-refractivity contribution in [2.45, 2.75) is 13.0 Å². The number of β-amino-alcohol motifs (C(OH)–C–C–N with tert-alkyl or cyclic N) is 1. The summed E-state index contributed by atoms with van der Waals surface area (Å²) in [4.78, 5) is 9.15. The summed E-state index contributed by atoms with van der Waals surface area (Å²) in [7, 11) is 0. The van der Waals surface area contributed by atoms with E-state index in [4.69, 9.17) is 4.74 Å². The molecule has 1 aromatic carbocycles. The van der Waals surface area contributed by atoms with Gasteiger partial charge in [0.1, 0.15) is 18.5 Å². The van der Waals surface area contributed by atoms with Crippen LogP contribution < -0.4 is 9.64 Å². The van der Waals surface area contributed by atoms with Crippen molar-refractivity contribution in [3.63, 3.8) is 0 Å². The summed E-state index contributed by atoms with van der Waals surface area (Å²) in [6, 6.07) is 9.62. The lowest BCUT2D eigenvalue weighted by atomic mass is 10.2. The molecule has 1 atom stereocenters. The molecule has 1 N–H and O–H groups in total. The summed E-state index contributed by atoms with van der Waals surface area (Å²) >= 11 is 1.70. The topological polar surface area (TPSA) is 48.8 Å². The number of benzene rings is 1. The number of ether oxygens (including phenoxy) is 1. The lowest BCUT2D eigenvalue weighted by Crippen LogP contribution is -2.49. The fraction of sp³-hybridized carbons (Fsp3) is 0.471. The first kappa shape index (κ1) is 16.2. The van der Waals surface area contributed by atoms with E-state index in [2.05, 4.69) is 20.2 Å². The maximum Gasteiger partial charge on any atom is 0.185 e. The average Bonchev–Trinajstić information content (AvgIpc) is 3.01. The first-order chi connectivity index (χ1) is 11.2. The van der Waals surface area contributed by atoms with Crippen molar-refractivity contribution in [3.05, 3.63) is 41.4 Å². The Morgan fingerprint density at radius 3 is 2.61 bits per heavy atom. The molecule has 0 amide bonds. The van der Waals surface area contributed by atoms with Crippen molar-refractivity contribution in [3.8, 4) is 5.75 Å². The number of aryl methyl sites for hydroxylation is 1. The molecule has 0 saturated carbocycles. The number of hydrogen-bond donors (Lipinski definition) is 1. The van der Waals surface area contributed by atoms with Crippen molar-refractivity contribution < 1.29 is 9.84 Å². The van der Waals surface area contributed by atoms with E-state index in [0.717, 1.165) is 42.8 Å². The first-order valence-corrected chi connectivity index (χ1v) is 8.84. The molecule has 124 valence electrons. The minimum absolute atomic E-state index is 0.329. The van der Waals surface area contributed by atoms with E-state index in [1.54, 1.807) is 11.3 Å². The quantitative estimate of drug-likeness (QED) is 0.876. The van der Waals surface area contributed by atoms with E-state index >= 15 is 0 Å². The van der Waals surface area contributed by atoms with Gasteiger partial charge in [0.2, 0.25) is 0 Å². The lowest BCUT2D eigenvalue weighted by molar-refractivity contribution is 0.0663. The number of rotatable bonds is 6. The normalized spacial score (nSPS) is 17.2. The molecular weight excluding hydrogens is 310 g/mol. The molecule has 0 spiro atoms. The van der Waals surface area contributed by atoms with E-state index in [1.807, 2.05) is 37.3 Å². The van der Waals surface area contributed by atoms with Crippen LogP contribution in [0.5, 0.6) is 5.75 Å². The first-order valence-electron chi connectivity index (χ1n) is 7.96. The second-order valence-corrected chi connectivity index (χ2v) is 6.67. The standard InChI is InChI=1S/C17H23N3O2S/c1-14-13-23-17(18-14)20-9-7-19(8-10-20)11-15(21)12-22-16-5-3-2-4-6-16/h2-6,13,15,21H,7-12H2,1H3/t15-/m1/s1. The third-order valence-electron chi connectivity index (χ3n) is 3.90. The predicted molar refractivity (Wildman–Crippen MR) is 93.4 cm³/mol. The molecule has 1 saturated heterocycles. The molecule has 23 heavy (non-hydrogen) atoms. The molecule has 2 aromatic rings. The molecule has 0 unspecified atom stereocenters. The molecule has 1 aromatic heterocycles. The van der Waals surface area contributed by atoms with Gasteiger partial charge in [-0.2, -0.15) is 0 Å². The third-order valence-corrected chi connectivity index (χ3v) is 4.92. The number of anilines is 1. The minimum Gasteiger partial charge on any atom is -0.491 e. The van der Waals surface area contributed by atoms with E-state index in [-0.39, 0.29) is 0 Å². The zero-order valence-electron chi connectivity index (χ0n) is 13.4. The van der Waals surface area contributed by atoms with Crippen LogP contribution in [0.1, 0.15) is 5.69 Å². The SMILES string of the molecule is Cc1csc(N2CCN(C[C@@H](O)COc3ccccc3)CC2)n1. The van der Waals surface area contributed by atoms with Crippen molar-refractivity contribution >= 4 is 16.5 Å². The fourth-order valence-corrected chi connectivity index (χ4v) is 3.53. The van der Waals surface area contributed by atoms with E-state index in [9.17, 15) is 5.11 Å². The summed E-state index contributed by atoms with van der Waals surface area (Å²) in [5.41, 5.74) is 1.08. The zero-order valence-corrected chi connectivity index (χ0v) is 14.2. The summed E-state index contributed by atoms with van der Waals surface area (Å²) in [5, 5.41) is 13.4. The Kier molecular flexibility index (Phi) is 5.48. The third kappa shape index (κ3) is 4.67. The molecule has 3 rings (SSSR count). The summed E-state index contributed by atoms with van der Waals surface area (Å²) in [5.74, 6) is 0.801. The Bertz CT molecular complexity index is 597. The van der Waals surface area contributed by atoms with E-state index in [1.165, 1.54) is 0 Å². The molecule has 6 heteroatoms. The van der Waals surface area contributed by atoms with Crippen LogP contribution in [-0.4, -0.2) is 60.4 Å². The van der Waals surface area contributed by atoms with Crippen molar-refractivity contribution in [2.24, 2.45) is 0 Å². The van der Waals surface area contributed by atoms with Crippen LogP contribution in [0.3, 0.4) is 0 Å². The summed E-state index contributed by atoms with van der Waals surface area (Å²) in [6.45, 7) is 6.81. The molecule has 1 aliphatic rings. The monoisotopic (exact) mass is 333 g/mol. The van der Waals surface area contributed by atoms with Gasteiger partial charge >= 0.3 is 0 Å². The molecule has 0 radical (unpaired) electrons. The second kappa shape index (κ2) is 7.77. The Balaban J connectivity index is 1.40. The Hall–Kier alpha value is -1.63. The highest BCUT2D eigenvalue weighted by Crippen LogP contribution is 2.21. The summed E-state index contributed by atoms with van der Waals surface area (Å²) in [6.07, 6.45) is -0.469. The van der Waals surface area contributed by atoms with Gasteiger partial charge in [0, 0.05) is 38.1 Å². The largest absolute Gasteiger partial charge is 0.491 e.